The Kier molecular flexibility index (Phi) is 9.26. The van der Waals surface area contributed by atoms with E-state index in [9.17, 15) is 22.8 Å². The molecule has 0 atom stereocenters. The molecule has 1 amide bonds. The molecule has 8 nitrogen and oxygen atoms in total. The van der Waals surface area contributed by atoms with Crippen molar-refractivity contribution in [3.8, 4) is 17.0 Å². The van der Waals surface area contributed by atoms with Crippen LogP contribution >= 0.6 is 11.6 Å². The number of aryl methyl sites for hydroxylation is 1. The number of hydrogen-bond acceptors (Lipinski definition) is 6. The van der Waals surface area contributed by atoms with Crippen LogP contribution in [0.5, 0.6) is 5.75 Å². The average molecular weight is 564 g/mol. The molecule has 4 rings (SSSR count). The predicted octanol–water partition coefficient (Wildman–Crippen LogP) is 4.64. The molecule has 12 heteroatoms. The molecular formula is C27H29ClF3N5O3. The SMILES string of the molecule is Cn1ncc(Cl)c1-c1cc(NC(=O)c2cccc(C(F)(F)F)c2)ccc1OCCN1CCC(NCC=O)CC1. The first-order chi connectivity index (χ1) is 18.7. The molecule has 1 aromatic heterocycles. The maximum atomic E-state index is 13.1. The van der Waals surface area contributed by atoms with E-state index in [1.807, 2.05) is 0 Å². The summed E-state index contributed by atoms with van der Waals surface area (Å²) in [5.41, 5.74) is 0.502. The highest BCUT2D eigenvalue weighted by atomic mass is 35.5. The van der Waals surface area contributed by atoms with E-state index in [0.29, 0.717) is 53.5 Å². The number of carbonyl (C=O) groups is 2. The number of piperidine rings is 1. The lowest BCUT2D eigenvalue weighted by Crippen LogP contribution is -2.44. The maximum absolute atomic E-state index is 13.1. The molecule has 3 aromatic rings. The van der Waals surface area contributed by atoms with Gasteiger partial charge in [-0.05, 0) is 62.3 Å². The Morgan fingerprint density at radius 3 is 2.64 bits per heavy atom. The molecule has 2 heterocycles. The molecule has 2 aromatic carbocycles. The van der Waals surface area contributed by atoms with Crippen LogP contribution in [0.15, 0.2) is 48.7 Å². The van der Waals surface area contributed by atoms with E-state index in [-0.39, 0.29) is 5.56 Å². The summed E-state index contributed by atoms with van der Waals surface area (Å²) in [4.78, 5) is 25.6. The fourth-order valence-corrected chi connectivity index (χ4v) is 4.80. The van der Waals surface area contributed by atoms with Crippen LogP contribution in [0, 0.1) is 0 Å². The van der Waals surface area contributed by atoms with E-state index < -0.39 is 17.6 Å². The molecule has 0 unspecified atom stereocenters. The monoisotopic (exact) mass is 563 g/mol. The van der Waals surface area contributed by atoms with E-state index >= 15 is 0 Å². The summed E-state index contributed by atoms with van der Waals surface area (Å²) in [6.07, 6.45) is -0.290. The molecule has 39 heavy (non-hydrogen) atoms. The second kappa shape index (κ2) is 12.6. The first-order valence-electron chi connectivity index (χ1n) is 12.5. The van der Waals surface area contributed by atoms with Crippen molar-refractivity contribution in [2.75, 3.05) is 38.1 Å². The lowest BCUT2D eigenvalue weighted by Gasteiger charge is -2.32. The van der Waals surface area contributed by atoms with Crippen LogP contribution in [0.25, 0.3) is 11.3 Å². The summed E-state index contributed by atoms with van der Waals surface area (Å²) < 4.78 is 47.0. The summed E-state index contributed by atoms with van der Waals surface area (Å²) in [6, 6.07) is 9.56. The topological polar surface area (TPSA) is 88.5 Å². The van der Waals surface area contributed by atoms with Crippen molar-refractivity contribution >= 4 is 29.5 Å². The molecule has 0 aliphatic carbocycles. The van der Waals surface area contributed by atoms with Crippen molar-refractivity contribution in [3.05, 3.63) is 64.8 Å². The van der Waals surface area contributed by atoms with Crippen molar-refractivity contribution in [1.82, 2.24) is 20.0 Å². The number of halogens is 4. The van der Waals surface area contributed by atoms with Gasteiger partial charge >= 0.3 is 6.18 Å². The van der Waals surface area contributed by atoms with Crippen LogP contribution in [0.2, 0.25) is 5.02 Å². The summed E-state index contributed by atoms with van der Waals surface area (Å²) in [5.74, 6) is -0.150. The first kappa shape index (κ1) is 28.6. The Bertz CT molecular complexity index is 1290. The molecule has 1 aliphatic rings. The third-order valence-electron chi connectivity index (χ3n) is 6.58. The van der Waals surface area contributed by atoms with E-state index in [0.717, 1.165) is 44.4 Å². The first-order valence-corrected chi connectivity index (χ1v) is 12.9. The fraction of sp³-hybridized carbons (Fsp3) is 0.370. The van der Waals surface area contributed by atoms with E-state index in [4.69, 9.17) is 16.3 Å². The van der Waals surface area contributed by atoms with E-state index in [2.05, 4.69) is 20.6 Å². The number of alkyl halides is 3. The van der Waals surface area contributed by atoms with Crippen LogP contribution in [-0.2, 0) is 18.0 Å². The molecule has 1 fully saturated rings. The zero-order chi connectivity index (χ0) is 28.0. The van der Waals surface area contributed by atoms with Crippen LogP contribution in [0.4, 0.5) is 18.9 Å². The summed E-state index contributed by atoms with van der Waals surface area (Å²) in [7, 11) is 1.72. The molecule has 0 radical (unpaired) electrons. The maximum Gasteiger partial charge on any atom is 0.416 e. The summed E-state index contributed by atoms with van der Waals surface area (Å²) in [5, 5.41) is 10.4. The smallest absolute Gasteiger partial charge is 0.416 e. The molecule has 1 saturated heterocycles. The van der Waals surface area contributed by atoms with Gasteiger partial charge in [0, 0.05) is 36.4 Å². The van der Waals surface area contributed by atoms with Gasteiger partial charge in [-0.15, -0.1) is 0 Å². The number of benzene rings is 2. The standard InChI is InChI=1S/C27H29ClF3N5O3/c1-35-25(23(28)17-33-35)22-16-21(34-26(38)18-3-2-4-19(15-18)27(29,30)31)5-6-24(22)39-14-12-36-10-7-20(8-11-36)32-9-13-37/h2-6,13,15-17,20,32H,7-12,14H2,1H3,(H,34,38). The third-order valence-corrected chi connectivity index (χ3v) is 6.86. The number of carbonyl (C=O) groups excluding carboxylic acids is 2. The highest BCUT2D eigenvalue weighted by Crippen LogP contribution is 2.37. The van der Waals surface area contributed by atoms with E-state index in [1.165, 1.54) is 18.3 Å². The Morgan fingerprint density at radius 2 is 1.97 bits per heavy atom. The molecule has 1 aliphatic heterocycles. The minimum Gasteiger partial charge on any atom is -0.492 e. The van der Waals surface area contributed by atoms with Gasteiger partial charge in [0.1, 0.15) is 18.6 Å². The Labute approximate surface area is 229 Å². The van der Waals surface area contributed by atoms with Crippen molar-refractivity contribution in [3.63, 3.8) is 0 Å². The number of anilines is 1. The summed E-state index contributed by atoms with van der Waals surface area (Å²) in [6.45, 7) is 3.25. The lowest BCUT2D eigenvalue weighted by molar-refractivity contribution is -0.137. The van der Waals surface area contributed by atoms with Crippen molar-refractivity contribution in [2.45, 2.75) is 25.1 Å². The molecule has 208 valence electrons. The molecule has 0 saturated carbocycles. The fourth-order valence-electron chi connectivity index (χ4n) is 4.53. The van der Waals surface area contributed by atoms with Crippen molar-refractivity contribution < 1.29 is 27.5 Å². The van der Waals surface area contributed by atoms with Gasteiger partial charge in [0.25, 0.3) is 5.91 Å². The molecular weight excluding hydrogens is 535 g/mol. The van der Waals surface area contributed by atoms with Crippen LogP contribution in [0.1, 0.15) is 28.8 Å². The second-order valence-corrected chi connectivity index (χ2v) is 9.65. The highest BCUT2D eigenvalue weighted by Gasteiger charge is 2.31. The normalized spacial score (nSPS) is 14.8. The largest absolute Gasteiger partial charge is 0.492 e. The minimum absolute atomic E-state index is 0.115. The van der Waals surface area contributed by atoms with Crippen LogP contribution in [-0.4, -0.2) is 65.7 Å². The quantitative estimate of drug-likeness (QED) is 0.349. The van der Waals surface area contributed by atoms with Crippen molar-refractivity contribution in [1.29, 1.82) is 0 Å². The average Bonchev–Trinajstić information content (AvgIpc) is 3.25. The zero-order valence-corrected chi connectivity index (χ0v) is 22.1. The number of amides is 1. The van der Waals surface area contributed by atoms with Crippen LogP contribution in [0.3, 0.4) is 0 Å². The Balaban J connectivity index is 1.47. The number of rotatable bonds is 10. The summed E-state index contributed by atoms with van der Waals surface area (Å²) >= 11 is 6.40. The van der Waals surface area contributed by atoms with Gasteiger partial charge in [-0.3, -0.25) is 14.4 Å². The van der Waals surface area contributed by atoms with Gasteiger partial charge in [0.05, 0.1) is 29.0 Å². The number of aldehydes is 1. The molecule has 0 spiro atoms. The number of nitrogens with zero attached hydrogens (tertiary/aromatic N) is 3. The predicted molar refractivity (Wildman–Crippen MR) is 142 cm³/mol. The zero-order valence-electron chi connectivity index (χ0n) is 21.3. The van der Waals surface area contributed by atoms with Gasteiger partial charge in [-0.25, -0.2) is 0 Å². The molecule has 0 bridgehead atoms. The third kappa shape index (κ3) is 7.37. The number of likely N-dealkylation sites (tertiary alicyclic amines) is 1. The van der Waals surface area contributed by atoms with Crippen molar-refractivity contribution in [2.24, 2.45) is 7.05 Å². The van der Waals surface area contributed by atoms with Gasteiger partial charge in [-0.2, -0.15) is 18.3 Å². The number of aromatic nitrogens is 2. The number of ether oxygens (including phenoxy) is 1. The van der Waals surface area contributed by atoms with Gasteiger partial charge in [0.15, 0.2) is 0 Å². The Hall–Kier alpha value is -3.41. The number of hydrogen-bond donors (Lipinski definition) is 2. The van der Waals surface area contributed by atoms with E-state index in [1.54, 1.807) is 29.9 Å². The number of nitrogens with one attached hydrogen (secondary N) is 2. The lowest BCUT2D eigenvalue weighted by atomic mass is 10.1. The Morgan fingerprint density at radius 1 is 1.21 bits per heavy atom. The molecule has 2 N–H and O–H groups in total. The van der Waals surface area contributed by atoms with Gasteiger partial charge < -0.3 is 20.2 Å². The minimum atomic E-state index is -4.55. The van der Waals surface area contributed by atoms with Gasteiger partial charge in [-0.1, -0.05) is 17.7 Å². The van der Waals surface area contributed by atoms with Gasteiger partial charge in [0.2, 0.25) is 0 Å². The highest BCUT2D eigenvalue weighted by molar-refractivity contribution is 6.33. The van der Waals surface area contributed by atoms with Crippen LogP contribution < -0.4 is 15.4 Å². The second-order valence-electron chi connectivity index (χ2n) is 9.25.